The fraction of sp³-hybridized carbons (Fsp3) is 0.615. The standard InChI is InChI=1S/C13H22N4O3/c18-12(19)6-2-1-3-7-16-13(20)17-8-4-5-11-14-9-10-15-11/h9-10H,1-8H2,(H,14,15)(H,18,19)(H2,16,17,20). The smallest absolute Gasteiger partial charge is 0.314 e. The number of unbranched alkanes of at least 4 members (excludes halogenated alkanes) is 2. The van der Waals surface area contributed by atoms with Crippen molar-refractivity contribution in [3.8, 4) is 0 Å². The first-order valence-electron chi connectivity index (χ1n) is 6.90. The van der Waals surface area contributed by atoms with Crippen LogP contribution in [0.1, 0.15) is 37.9 Å². The molecular weight excluding hydrogens is 260 g/mol. The van der Waals surface area contributed by atoms with Crippen molar-refractivity contribution < 1.29 is 14.7 Å². The van der Waals surface area contributed by atoms with Crippen molar-refractivity contribution in [2.75, 3.05) is 13.1 Å². The molecule has 4 N–H and O–H groups in total. The van der Waals surface area contributed by atoms with Gasteiger partial charge in [-0.2, -0.15) is 0 Å². The largest absolute Gasteiger partial charge is 0.481 e. The van der Waals surface area contributed by atoms with Crippen LogP contribution in [0.25, 0.3) is 0 Å². The maximum absolute atomic E-state index is 11.4. The molecule has 0 saturated heterocycles. The number of nitrogens with one attached hydrogen (secondary N) is 3. The summed E-state index contributed by atoms with van der Waals surface area (Å²) in [7, 11) is 0. The lowest BCUT2D eigenvalue weighted by molar-refractivity contribution is -0.137. The van der Waals surface area contributed by atoms with Crippen molar-refractivity contribution >= 4 is 12.0 Å². The van der Waals surface area contributed by atoms with E-state index in [1.807, 2.05) is 0 Å². The molecule has 0 aromatic carbocycles. The molecule has 0 spiro atoms. The second-order valence-corrected chi connectivity index (χ2v) is 4.53. The number of rotatable bonds is 10. The Labute approximate surface area is 118 Å². The third kappa shape index (κ3) is 8.12. The van der Waals surface area contributed by atoms with Gasteiger partial charge in [-0.05, 0) is 19.3 Å². The van der Waals surface area contributed by atoms with Gasteiger partial charge in [0.15, 0.2) is 0 Å². The van der Waals surface area contributed by atoms with Crippen LogP contribution >= 0.6 is 0 Å². The van der Waals surface area contributed by atoms with E-state index >= 15 is 0 Å². The number of carboxylic acids is 1. The molecule has 1 aromatic rings. The van der Waals surface area contributed by atoms with E-state index < -0.39 is 5.97 Å². The van der Waals surface area contributed by atoms with Crippen molar-refractivity contribution in [2.45, 2.75) is 38.5 Å². The summed E-state index contributed by atoms with van der Waals surface area (Å²) in [6, 6.07) is -0.178. The highest BCUT2D eigenvalue weighted by Crippen LogP contribution is 1.98. The Balaban J connectivity index is 1.89. The summed E-state index contributed by atoms with van der Waals surface area (Å²) in [5, 5.41) is 14.0. The van der Waals surface area contributed by atoms with Crippen LogP contribution in [0.2, 0.25) is 0 Å². The number of imidazole rings is 1. The lowest BCUT2D eigenvalue weighted by Crippen LogP contribution is -2.36. The first-order valence-corrected chi connectivity index (χ1v) is 6.90. The number of carboxylic acid groups (broad SMARTS) is 1. The van der Waals surface area contributed by atoms with Crippen LogP contribution in [-0.4, -0.2) is 40.2 Å². The fourth-order valence-electron chi connectivity index (χ4n) is 1.73. The van der Waals surface area contributed by atoms with Crippen LogP contribution in [0.5, 0.6) is 0 Å². The first kappa shape index (κ1) is 16.0. The lowest BCUT2D eigenvalue weighted by atomic mass is 10.2. The van der Waals surface area contributed by atoms with Crippen molar-refractivity contribution in [1.29, 1.82) is 0 Å². The number of amides is 2. The van der Waals surface area contributed by atoms with Crippen LogP contribution in [0.15, 0.2) is 12.4 Å². The molecule has 0 atom stereocenters. The first-order chi connectivity index (χ1) is 9.68. The molecule has 7 heteroatoms. The fourth-order valence-corrected chi connectivity index (χ4v) is 1.73. The van der Waals surface area contributed by atoms with Gasteiger partial charge in [-0.1, -0.05) is 6.42 Å². The molecule has 0 aliphatic heterocycles. The monoisotopic (exact) mass is 282 g/mol. The topological polar surface area (TPSA) is 107 Å². The molecule has 0 fully saturated rings. The number of hydrogen-bond donors (Lipinski definition) is 4. The number of aromatic amines is 1. The molecule has 0 aliphatic rings. The van der Waals surface area contributed by atoms with Crippen LogP contribution in [-0.2, 0) is 11.2 Å². The summed E-state index contributed by atoms with van der Waals surface area (Å²) < 4.78 is 0. The summed E-state index contributed by atoms with van der Waals surface area (Å²) in [4.78, 5) is 28.8. The van der Waals surface area contributed by atoms with E-state index in [2.05, 4.69) is 20.6 Å². The maximum Gasteiger partial charge on any atom is 0.314 e. The highest BCUT2D eigenvalue weighted by atomic mass is 16.4. The number of nitrogens with zero attached hydrogens (tertiary/aromatic N) is 1. The summed E-state index contributed by atoms with van der Waals surface area (Å²) >= 11 is 0. The van der Waals surface area contributed by atoms with Gasteiger partial charge in [0.1, 0.15) is 5.82 Å². The second kappa shape index (κ2) is 9.82. The van der Waals surface area contributed by atoms with E-state index in [4.69, 9.17) is 5.11 Å². The second-order valence-electron chi connectivity index (χ2n) is 4.53. The quantitative estimate of drug-likeness (QED) is 0.485. The van der Waals surface area contributed by atoms with Crippen molar-refractivity contribution in [1.82, 2.24) is 20.6 Å². The molecular formula is C13H22N4O3. The minimum Gasteiger partial charge on any atom is -0.481 e. The third-order valence-electron chi connectivity index (χ3n) is 2.78. The van der Waals surface area contributed by atoms with E-state index in [1.54, 1.807) is 12.4 Å². The van der Waals surface area contributed by atoms with Crippen molar-refractivity contribution in [3.63, 3.8) is 0 Å². The molecule has 1 aromatic heterocycles. The van der Waals surface area contributed by atoms with Gasteiger partial charge in [-0.3, -0.25) is 4.79 Å². The molecule has 0 aliphatic carbocycles. The molecule has 0 unspecified atom stereocenters. The van der Waals surface area contributed by atoms with Crippen LogP contribution in [0.3, 0.4) is 0 Å². The number of urea groups is 1. The average Bonchev–Trinajstić information content (AvgIpc) is 2.91. The Morgan fingerprint density at radius 2 is 1.90 bits per heavy atom. The van der Waals surface area contributed by atoms with E-state index in [0.717, 1.165) is 31.5 Å². The summed E-state index contributed by atoms with van der Waals surface area (Å²) in [6.07, 6.45) is 7.58. The van der Waals surface area contributed by atoms with Gasteiger partial charge in [0.2, 0.25) is 0 Å². The predicted molar refractivity (Wildman–Crippen MR) is 74.4 cm³/mol. The summed E-state index contributed by atoms with van der Waals surface area (Å²) in [5.41, 5.74) is 0. The molecule has 20 heavy (non-hydrogen) atoms. The minimum atomic E-state index is -0.771. The van der Waals surface area contributed by atoms with Gasteiger partial charge in [0.05, 0.1) is 0 Å². The Bertz CT molecular complexity index is 392. The lowest BCUT2D eigenvalue weighted by Gasteiger charge is -2.06. The number of aliphatic carboxylic acids is 1. The zero-order chi connectivity index (χ0) is 14.6. The van der Waals surface area contributed by atoms with E-state index in [0.29, 0.717) is 19.5 Å². The van der Waals surface area contributed by atoms with E-state index in [9.17, 15) is 9.59 Å². The third-order valence-corrected chi connectivity index (χ3v) is 2.78. The number of aryl methyl sites for hydroxylation is 1. The van der Waals surface area contributed by atoms with E-state index in [1.165, 1.54) is 0 Å². The van der Waals surface area contributed by atoms with Gasteiger partial charge < -0.3 is 20.7 Å². The van der Waals surface area contributed by atoms with Crippen molar-refractivity contribution in [2.24, 2.45) is 0 Å². The average molecular weight is 282 g/mol. The van der Waals surface area contributed by atoms with Gasteiger partial charge >= 0.3 is 12.0 Å². The van der Waals surface area contributed by atoms with Crippen LogP contribution < -0.4 is 10.6 Å². The van der Waals surface area contributed by atoms with Gasteiger partial charge in [0.25, 0.3) is 0 Å². The molecule has 0 bridgehead atoms. The number of H-pyrrole nitrogens is 1. The van der Waals surface area contributed by atoms with Gasteiger partial charge in [0, 0.05) is 38.3 Å². The predicted octanol–water partition coefficient (Wildman–Crippen LogP) is 1.29. The highest BCUT2D eigenvalue weighted by Gasteiger charge is 2.00. The molecule has 2 amide bonds. The number of carbonyl (C=O) groups excluding carboxylic acids is 1. The summed E-state index contributed by atoms with van der Waals surface area (Å²) in [5.74, 6) is 0.151. The SMILES string of the molecule is O=C(O)CCCCCNC(=O)NCCCc1ncc[nH]1. The number of aromatic nitrogens is 2. The maximum atomic E-state index is 11.4. The Kier molecular flexibility index (Phi) is 7.86. The van der Waals surface area contributed by atoms with Crippen molar-refractivity contribution in [3.05, 3.63) is 18.2 Å². The molecule has 0 saturated carbocycles. The molecule has 1 rings (SSSR count). The van der Waals surface area contributed by atoms with E-state index in [-0.39, 0.29) is 12.5 Å². The number of carbonyl (C=O) groups is 2. The normalized spacial score (nSPS) is 10.2. The Hall–Kier alpha value is -2.05. The molecule has 112 valence electrons. The van der Waals surface area contributed by atoms with Crippen LogP contribution in [0, 0.1) is 0 Å². The zero-order valence-electron chi connectivity index (χ0n) is 11.5. The molecule has 0 radical (unpaired) electrons. The van der Waals surface area contributed by atoms with Gasteiger partial charge in [-0.25, -0.2) is 9.78 Å². The molecule has 1 heterocycles. The van der Waals surface area contributed by atoms with Gasteiger partial charge in [-0.15, -0.1) is 0 Å². The minimum absolute atomic E-state index is 0.178. The molecule has 7 nitrogen and oxygen atoms in total. The highest BCUT2D eigenvalue weighted by molar-refractivity contribution is 5.73. The zero-order valence-corrected chi connectivity index (χ0v) is 11.5. The Morgan fingerprint density at radius 1 is 1.15 bits per heavy atom. The number of hydrogen-bond acceptors (Lipinski definition) is 3. The summed E-state index contributed by atoms with van der Waals surface area (Å²) in [6.45, 7) is 1.18. The van der Waals surface area contributed by atoms with Crippen LogP contribution in [0.4, 0.5) is 4.79 Å². The Morgan fingerprint density at radius 3 is 2.55 bits per heavy atom.